The Labute approximate surface area is 185 Å². The third kappa shape index (κ3) is 5.03. The lowest BCUT2D eigenvalue weighted by Gasteiger charge is -2.34. The van der Waals surface area contributed by atoms with Crippen molar-refractivity contribution in [3.63, 3.8) is 0 Å². The molecule has 160 valence electrons. The van der Waals surface area contributed by atoms with E-state index in [1.54, 1.807) is 4.90 Å². The molecule has 5 nitrogen and oxygen atoms in total. The monoisotopic (exact) mass is 439 g/mol. The highest BCUT2D eigenvalue weighted by Gasteiger charge is 2.24. The van der Waals surface area contributed by atoms with E-state index >= 15 is 0 Å². The standard InChI is InChI=1S/C24H23ClFN3O2/c25-18-8-9-21(26)20(16-18)24(31)29-14-12-28(13-15-29)11-10-23(30)27-22-7-3-5-17-4-1-2-6-19(17)22/h1-9,16H,10-15H2,(H,27,30). The van der Waals surface area contributed by atoms with Gasteiger partial charge in [-0.05, 0) is 29.7 Å². The van der Waals surface area contributed by atoms with Gasteiger partial charge >= 0.3 is 0 Å². The van der Waals surface area contributed by atoms with E-state index in [4.69, 9.17) is 11.6 Å². The van der Waals surface area contributed by atoms with E-state index in [9.17, 15) is 14.0 Å². The fourth-order valence-corrected chi connectivity index (χ4v) is 3.99. The van der Waals surface area contributed by atoms with E-state index < -0.39 is 5.82 Å². The third-order valence-corrected chi connectivity index (χ3v) is 5.77. The molecule has 0 aliphatic carbocycles. The lowest BCUT2D eigenvalue weighted by Crippen LogP contribution is -2.49. The van der Waals surface area contributed by atoms with Crippen molar-refractivity contribution in [1.29, 1.82) is 0 Å². The van der Waals surface area contributed by atoms with Gasteiger partial charge in [0.2, 0.25) is 5.91 Å². The van der Waals surface area contributed by atoms with Crippen molar-refractivity contribution >= 4 is 39.9 Å². The van der Waals surface area contributed by atoms with E-state index in [0.717, 1.165) is 16.5 Å². The van der Waals surface area contributed by atoms with Crippen LogP contribution >= 0.6 is 11.6 Å². The number of fused-ring (bicyclic) bond motifs is 1. The van der Waals surface area contributed by atoms with Crippen molar-refractivity contribution in [2.45, 2.75) is 6.42 Å². The van der Waals surface area contributed by atoms with Gasteiger partial charge in [0.15, 0.2) is 0 Å². The average Bonchev–Trinajstić information content (AvgIpc) is 2.79. The highest BCUT2D eigenvalue weighted by atomic mass is 35.5. The lowest BCUT2D eigenvalue weighted by atomic mass is 10.1. The van der Waals surface area contributed by atoms with Gasteiger partial charge < -0.3 is 10.2 Å². The van der Waals surface area contributed by atoms with Crippen LogP contribution in [-0.2, 0) is 4.79 Å². The first-order valence-corrected chi connectivity index (χ1v) is 10.6. The van der Waals surface area contributed by atoms with E-state index in [0.29, 0.717) is 44.2 Å². The molecule has 1 saturated heterocycles. The smallest absolute Gasteiger partial charge is 0.256 e. The molecule has 0 spiro atoms. The summed E-state index contributed by atoms with van der Waals surface area (Å²) in [5, 5.41) is 5.43. The van der Waals surface area contributed by atoms with Gasteiger partial charge in [0.1, 0.15) is 5.82 Å². The fourth-order valence-electron chi connectivity index (χ4n) is 3.81. The van der Waals surface area contributed by atoms with Gasteiger partial charge in [0.05, 0.1) is 5.56 Å². The van der Waals surface area contributed by atoms with Crippen molar-refractivity contribution in [2.75, 3.05) is 38.0 Å². The lowest BCUT2D eigenvalue weighted by molar-refractivity contribution is -0.116. The van der Waals surface area contributed by atoms with Crippen LogP contribution in [0.4, 0.5) is 10.1 Å². The molecule has 1 aliphatic heterocycles. The number of benzene rings is 3. The summed E-state index contributed by atoms with van der Waals surface area (Å²) >= 11 is 5.90. The van der Waals surface area contributed by atoms with Crippen molar-refractivity contribution in [3.05, 3.63) is 77.1 Å². The maximum absolute atomic E-state index is 14.0. The van der Waals surface area contributed by atoms with Crippen molar-refractivity contribution < 1.29 is 14.0 Å². The minimum atomic E-state index is -0.568. The Morgan fingerprint density at radius 3 is 2.52 bits per heavy atom. The molecule has 2 amide bonds. The molecule has 1 heterocycles. The van der Waals surface area contributed by atoms with Gasteiger partial charge in [-0.3, -0.25) is 14.5 Å². The minimum Gasteiger partial charge on any atom is -0.336 e. The molecule has 4 rings (SSSR count). The maximum Gasteiger partial charge on any atom is 0.256 e. The Balaban J connectivity index is 1.28. The predicted molar refractivity (Wildman–Crippen MR) is 121 cm³/mol. The van der Waals surface area contributed by atoms with Gasteiger partial charge in [0.25, 0.3) is 5.91 Å². The Morgan fingerprint density at radius 2 is 1.71 bits per heavy atom. The molecule has 1 fully saturated rings. The van der Waals surface area contributed by atoms with Crippen LogP contribution in [0.5, 0.6) is 0 Å². The number of amides is 2. The summed E-state index contributed by atoms with van der Waals surface area (Å²) in [7, 11) is 0. The molecule has 3 aromatic carbocycles. The van der Waals surface area contributed by atoms with E-state index in [2.05, 4.69) is 10.2 Å². The van der Waals surface area contributed by atoms with Gasteiger partial charge in [-0.2, -0.15) is 0 Å². The molecule has 1 N–H and O–H groups in total. The van der Waals surface area contributed by atoms with Crippen molar-refractivity contribution in [1.82, 2.24) is 9.80 Å². The number of hydrogen-bond acceptors (Lipinski definition) is 3. The second-order valence-electron chi connectivity index (χ2n) is 7.58. The summed E-state index contributed by atoms with van der Waals surface area (Å²) in [5.41, 5.74) is 0.803. The topological polar surface area (TPSA) is 52.7 Å². The minimum absolute atomic E-state index is 0.00424. The second kappa shape index (κ2) is 9.45. The molecule has 1 aliphatic rings. The summed E-state index contributed by atoms with van der Waals surface area (Å²) in [6.45, 7) is 2.83. The van der Waals surface area contributed by atoms with Crippen molar-refractivity contribution in [2.24, 2.45) is 0 Å². The van der Waals surface area contributed by atoms with Crippen LogP contribution in [0, 0.1) is 5.82 Å². The number of hydrogen-bond donors (Lipinski definition) is 1. The normalized spacial score (nSPS) is 14.6. The van der Waals surface area contributed by atoms with E-state index in [1.165, 1.54) is 18.2 Å². The van der Waals surface area contributed by atoms with Crippen LogP contribution in [0.2, 0.25) is 5.02 Å². The molecule has 0 saturated carbocycles. The SMILES string of the molecule is O=C(CCN1CCN(C(=O)c2cc(Cl)ccc2F)CC1)Nc1cccc2ccccc12. The molecule has 7 heteroatoms. The predicted octanol–water partition coefficient (Wildman–Crippen LogP) is 4.42. The quantitative estimate of drug-likeness (QED) is 0.640. The largest absolute Gasteiger partial charge is 0.336 e. The summed E-state index contributed by atoms with van der Waals surface area (Å²) in [4.78, 5) is 28.8. The van der Waals surface area contributed by atoms with Crippen LogP contribution in [0.25, 0.3) is 10.8 Å². The van der Waals surface area contributed by atoms with Gasteiger partial charge in [-0.25, -0.2) is 4.39 Å². The van der Waals surface area contributed by atoms with Crippen LogP contribution in [0.3, 0.4) is 0 Å². The first kappa shape index (κ1) is 21.3. The fraction of sp³-hybridized carbons (Fsp3) is 0.250. The first-order chi connectivity index (χ1) is 15.0. The van der Waals surface area contributed by atoms with Gasteiger partial charge in [-0.15, -0.1) is 0 Å². The summed E-state index contributed by atoms with van der Waals surface area (Å²) in [6.07, 6.45) is 0.361. The number of anilines is 1. The molecule has 0 bridgehead atoms. The third-order valence-electron chi connectivity index (χ3n) is 5.54. The van der Waals surface area contributed by atoms with E-state index in [-0.39, 0.29) is 17.4 Å². The van der Waals surface area contributed by atoms with Crippen LogP contribution in [0.15, 0.2) is 60.7 Å². The molecule has 0 unspecified atom stereocenters. The Bertz CT molecular complexity index is 1110. The average molecular weight is 440 g/mol. The first-order valence-electron chi connectivity index (χ1n) is 10.3. The van der Waals surface area contributed by atoms with Crippen LogP contribution in [0.1, 0.15) is 16.8 Å². The maximum atomic E-state index is 14.0. The van der Waals surface area contributed by atoms with Gasteiger partial charge in [0, 0.05) is 55.2 Å². The zero-order valence-corrected chi connectivity index (χ0v) is 17.7. The Hall–Kier alpha value is -2.96. The molecule has 0 radical (unpaired) electrons. The number of nitrogens with one attached hydrogen (secondary N) is 1. The summed E-state index contributed by atoms with van der Waals surface area (Å²) < 4.78 is 14.0. The Morgan fingerprint density at radius 1 is 0.968 bits per heavy atom. The van der Waals surface area contributed by atoms with E-state index in [1.807, 2.05) is 42.5 Å². The molecular weight excluding hydrogens is 417 g/mol. The molecule has 0 aromatic heterocycles. The van der Waals surface area contributed by atoms with Crippen LogP contribution in [-0.4, -0.2) is 54.3 Å². The number of rotatable bonds is 5. The zero-order valence-electron chi connectivity index (χ0n) is 17.0. The number of nitrogens with zero attached hydrogens (tertiary/aromatic N) is 2. The van der Waals surface area contributed by atoms with Crippen molar-refractivity contribution in [3.8, 4) is 0 Å². The number of halogens is 2. The highest BCUT2D eigenvalue weighted by Crippen LogP contribution is 2.23. The van der Waals surface area contributed by atoms with Crippen LogP contribution < -0.4 is 5.32 Å². The molecule has 3 aromatic rings. The molecule has 31 heavy (non-hydrogen) atoms. The number of carbonyl (C=O) groups is 2. The molecular formula is C24H23ClFN3O2. The highest BCUT2D eigenvalue weighted by molar-refractivity contribution is 6.31. The molecule has 0 atom stereocenters. The second-order valence-corrected chi connectivity index (χ2v) is 8.02. The van der Waals surface area contributed by atoms with Gasteiger partial charge in [-0.1, -0.05) is 48.0 Å². The summed E-state index contributed by atoms with van der Waals surface area (Å²) in [5.74, 6) is -0.967. The number of piperazine rings is 1. The zero-order chi connectivity index (χ0) is 21.8. The number of carbonyl (C=O) groups excluding carboxylic acids is 2. The Kier molecular flexibility index (Phi) is 6.49. The summed E-state index contributed by atoms with van der Waals surface area (Å²) in [6, 6.07) is 17.8.